The molecule has 0 saturated carbocycles. The minimum Gasteiger partial charge on any atom is -0.390 e. The van der Waals surface area contributed by atoms with Gasteiger partial charge in [0, 0.05) is 61.3 Å². The van der Waals surface area contributed by atoms with Crippen molar-refractivity contribution in [2.45, 2.75) is 12.1 Å². The summed E-state index contributed by atoms with van der Waals surface area (Å²) >= 11 is 5.92. The zero-order valence-electron chi connectivity index (χ0n) is 17.4. The van der Waals surface area contributed by atoms with Gasteiger partial charge in [0.15, 0.2) is 0 Å². The molecule has 2 aliphatic heterocycles. The number of carbonyl (C=O) groups excluding carboxylic acids is 1. The maximum atomic E-state index is 13.6. The normalized spacial score (nSPS) is 22.0. The second-order valence-electron chi connectivity index (χ2n) is 8.23. The molecule has 2 aliphatic rings. The van der Waals surface area contributed by atoms with E-state index in [2.05, 4.69) is 14.9 Å². The number of nitrogens with zero attached hydrogens (tertiary/aromatic N) is 5. The van der Waals surface area contributed by atoms with Crippen molar-refractivity contribution in [3.8, 4) is 0 Å². The summed E-state index contributed by atoms with van der Waals surface area (Å²) in [4.78, 5) is 27.4. The number of fused-ring (bicyclic) bond motifs is 1. The van der Waals surface area contributed by atoms with Crippen molar-refractivity contribution in [2.24, 2.45) is 0 Å². The van der Waals surface area contributed by atoms with Crippen molar-refractivity contribution in [1.29, 1.82) is 0 Å². The average molecular weight is 456 g/mol. The van der Waals surface area contributed by atoms with Crippen LogP contribution in [0.15, 0.2) is 48.8 Å². The van der Waals surface area contributed by atoms with Gasteiger partial charge in [0.2, 0.25) is 0 Å². The molecule has 0 bridgehead atoms. The van der Waals surface area contributed by atoms with Gasteiger partial charge in [0.05, 0.1) is 17.7 Å². The zero-order chi connectivity index (χ0) is 22.2. The van der Waals surface area contributed by atoms with Crippen LogP contribution in [0.1, 0.15) is 10.4 Å². The van der Waals surface area contributed by atoms with E-state index in [1.54, 1.807) is 30.3 Å². The van der Waals surface area contributed by atoms with Crippen LogP contribution in [0.25, 0.3) is 10.9 Å². The van der Waals surface area contributed by atoms with E-state index in [1.807, 2.05) is 9.80 Å². The second-order valence-corrected chi connectivity index (χ2v) is 8.67. The first-order valence-electron chi connectivity index (χ1n) is 10.6. The van der Waals surface area contributed by atoms with Gasteiger partial charge in [-0.2, -0.15) is 0 Å². The fourth-order valence-electron chi connectivity index (χ4n) is 4.60. The third-order valence-electron chi connectivity index (χ3n) is 6.30. The molecule has 0 aliphatic carbocycles. The minimum absolute atomic E-state index is 0.00500. The number of aliphatic hydroxyl groups is 1. The van der Waals surface area contributed by atoms with Gasteiger partial charge in [-0.05, 0) is 36.4 Å². The van der Waals surface area contributed by atoms with Gasteiger partial charge in [0.1, 0.15) is 18.0 Å². The van der Waals surface area contributed by atoms with Crippen molar-refractivity contribution < 1.29 is 14.3 Å². The molecule has 2 atom stereocenters. The van der Waals surface area contributed by atoms with Gasteiger partial charge in [-0.1, -0.05) is 11.6 Å². The van der Waals surface area contributed by atoms with E-state index in [9.17, 15) is 14.3 Å². The quantitative estimate of drug-likeness (QED) is 0.654. The van der Waals surface area contributed by atoms with Crippen LogP contribution in [0.3, 0.4) is 0 Å². The molecule has 2 saturated heterocycles. The molecule has 5 rings (SSSR count). The molecule has 1 amide bonds. The molecule has 2 fully saturated rings. The first-order chi connectivity index (χ1) is 15.5. The number of hydrogen-bond donors (Lipinski definition) is 1. The van der Waals surface area contributed by atoms with Gasteiger partial charge in [0.25, 0.3) is 5.91 Å². The molecule has 7 nitrogen and oxygen atoms in total. The molecule has 1 N–H and O–H groups in total. The summed E-state index contributed by atoms with van der Waals surface area (Å²) in [6, 6.07) is 11.3. The second kappa shape index (κ2) is 8.61. The van der Waals surface area contributed by atoms with E-state index in [1.165, 1.54) is 18.5 Å². The van der Waals surface area contributed by atoms with E-state index >= 15 is 0 Å². The molecule has 0 radical (unpaired) electrons. The van der Waals surface area contributed by atoms with Crippen LogP contribution < -0.4 is 4.90 Å². The smallest absolute Gasteiger partial charge is 0.253 e. The van der Waals surface area contributed by atoms with Gasteiger partial charge < -0.3 is 14.9 Å². The third kappa shape index (κ3) is 4.01. The number of β-amino-alcohol motifs (C(OH)–C–C–N with tert-alkyl or cyclic N) is 1. The highest BCUT2D eigenvalue weighted by Gasteiger charge is 2.38. The van der Waals surface area contributed by atoms with Crippen molar-refractivity contribution in [2.75, 3.05) is 44.2 Å². The Balaban J connectivity index is 1.25. The van der Waals surface area contributed by atoms with Crippen LogP contribution in [0.4, 0.5) is 10.2 Å². The highest BCUT2D eigenvalue weighted by molar-refractivity contribution is 6.30. The number of aromatic nitrogens is 2. The lowest BCUT2D eigenvalue weighted by molar-refractivity contribution is 0.0376. The Hall–Kier alpha value is -2.81. The summed E-state index contributed by atoms with van der Waals surface area (Å²) in [6.07, 6.45) is 0.886. The maximum absolute atomic E-state index is 13.6. The van der Waals surface area contributed by atoms with Gasteiger partial charge >= 0.3 is 0 Å². The van der Waals surface area contributed by atoms with Crippen molar-refractivity contribution in [3.63, 3.8) is 0 Å². The Bertz CT molecular complexity index is 1140. The Kier molecular flexibility index (Phi) is 5.67. The summed E-state index contributed by atoms with van der Waals surface area (Å²) < 4.78 is 13.6. The number of hydrogen-bond acceptors (Lipinski definition) is 6. The minimum atomic E-state index is -0.543. The largest absolute Gasteiger partial charge is 0.390 e. The van der Waals surface area contributed by atoms with E-state index < -0.39 is 6.10 Å². The molecular weight excluding hydrogens is 433 g/mol. The van der Waals surface area contributed by atoms with Crippen LogP contribution >= 0.6 is 11.6 Å². The Morgan fingerprint density at radius 3 is 2.53 bits per heavy atom. The summed E-state index contributed by atoms with van der Waals surface area (Å²) in [5.74, 6) is 0.357. The predicted molar refractivity (Wildman–Crippen MR) is 120 cm³/mol. The SMILES string of the molecule is O=C(c1ccc(Cl)cc1)N1CCN([C@@H]2CN(c3ncnc4cc(F)ccc34)C[C@H]2O)CC1. The van der Waals surface area contributed by atoms with Crippen LogP contribution in [-0.4, -0.2) is 82.2 Å². The van der Waals surface area contributed by atoms with Gasteiger partial charge in [-0.25, -0.2) is 14.4 Å². The Morgan fingerprint density at radius 1 is 1.03 bits per heavy atom. The summed E-state index contributed by atoms with van der Waals surface area (Å²) in [6.45, 7) is 3.61. The first-order valence-corrected chi connectivity index (χ1v) is 11.0. The highest BCUT2D eigenvalue weighted by atomic mass is 35.5. The van der Waals surface area contributed by atoms with Gasteiger partial charge in [-0.3, -0.25) is 9.69 Å². The van der Waals surface area contributed by atoms with Crippen molar-refractivity contribution in [3.05, 3.63) is 65.2 Å². The molecule has 32 heavy (non-hydrogen) atoms. The number of benzene rings is 2. The van der Waals surface area contributed by atoms with Crippen molar-refractivity contribution in [1.82, 2.24) is 19.8 Å². The van der Waals surface area contributed by atoms with E-state index in [-0.39, 0.29) is 17.8 Å². The first kappa shape index (κ1) is 21.1. The number of anilines is 1. The average Bonchev–Trinajstić information content (AvgIpc) is 3.20. The number of halogens is 2. The molecule has 3 aromatic rings. The zero-order valence-corrected chi connectivity index (χ0v) is 18.1. The highest BCUT2D eigenvalue weighted by Crippen LogP contribution is 2.28. The lowest BCUT2D eigenvalue weighted by atomic mass is 10.1. The lowest BCUT2D eigenvalue weighted by Gasteiger charge is -2.38. The predicted octanol–water partition coefficient (Wildman–Crippen LogP) is 2.43. The molecule has 1 aromatic heterocycles. The fraction of sp³-hybridized carbons (Fsp3) is 0.348. The summed E-state index contributed by atoms with van der Waals surface area (Å²) in [7, 11) is 0. The third-order valence-corrected chi connectivity index (χ3v) is 6.55. The van der Waals surface area contributed by atoms with E-state index in [4.69, 9.17) is 11.6 Å². The van der Waals surface area contributed by atoms with Crippen molar-refractivity contribution >= 4 is 34.2 Å². The van der Waals surface area contributed by atoms with Crippen LogP contribution in [0.2, 0.25) is 5.02 Å². The summed E-state index contributed by atoms with van der Waals surface area (Å²) in [5, 5.41) is 12.2. The van der Waals surface area contributed by atoms with E-state index in [0.29, 0.717) is 61.2 Å². The topological polar surface area (TPSA) is 72.8 Å². The fourth-order valence-corrected chi connectivity index (χ4v) is 4.73. The number of aliphatic hydroxyl groups excluding tert-OH is 1. The molecule has 0 spiro atoms. The molecule has 9 heteroatoms. The molecular formula is C23H23ClFN5O2. The van der Waals surface area contributed by atoms with E-state index in [0.717, 1.165) is 5.39 Å². The molecule has 2 aromatic carbocycles. The molecule has 3 heterocycles. The standard InChI is InChI=1S/C23H23ClFN5O2/c24-16-3-1-15(2-4-16)23(32)29-9-7-28(8-10-29)20-12-30(13-21(20)31)22-18-6-5-17(25)11-19(18)26-14-27-22/h1-6,11,14,20-21,31H,7-10,12-13H2/t20-,21-/m1/s1. The lowest BCUT2D eigenvalue weighted by Crippen LogP contribution is -2.54. The number of rotatable bonds is 3. The van der Waals surface area contributed by atoms with Crippen LogP contribution in [0, 0.1) is 5.82 Å². The number of piperazine rings is 1. The van der Waals surface area contributed by atoms with Gasteiger partial charge in [-0.15, -0.1) is 0 Å². The molecule has 0 unspecified atom stereocenters. The number of amides is 1. The number of carbonyl (C=O) groups is 1. The Labute approximate surface area is 190 Å². The Morgan fingerprint density at radius 2 is 1.78 bits per heavy atom. The maximum Gasteiger partial charge on any atom is 0.253 e. The monoisotopic (exact) mass is 455 g/mol. The molecule has 166 valence electrons. The van der Waals surface area contributed by atoms with Crippen LogP contribution in [0.5, 0.6) is 0 Å². The van der Waals surface area contributed by atoms with Crippen LogP contribution in [-0.2, 0) is 0 Å². The summed E-state index contributed by atoms with van der Waals surface area (Å²) in [5.41, 5.74) is 1.17.